The normalized spacial score (nSPS) is 13.7. The molecule has 0 radical (unpaired) electrons. The third-order valence-electron chi connectivity index (χ3n) is 2.68. The van der Waals surface area contributed by atoms with Gasteiger partial charge in [0.05, 0.1) is 0 Å². The minimum Gasteiger partial charge on any atom is -0.102 e. The lowest BCUT2D eigenvalue weighted by molar-refractivity contribution is 0.586. The van der Waals surface area contributed by atoms with Gasteiger partial charge in [0, 0.05) is 4.47 Å². The number of hydrogen-bond acceptors (Lipinski definition) is 0. The Hall–Kier alpha value is -0.560. The van der Waals surface area contributed by atoms with Crippen LogP contribution in [0.2, 0.25) is 0 Å². The van der Waals surface area contributed by atoms with Crippen LogP contribution in [0, 0.1) is 0 Å². The van der Waals surface area contributed by atoms with Crippen molar-refractivity contribution in [3.63, 3.8) is 0 Å². The minimum absolute atomic E-state index is 0.189. The third-order valence-corrected chi connectivity index (χ3v) is 3.34. The third kappa shape index (κ3) is 2.94. The van der Waals surface area contributed by atoms with Crippen LogP contribution in [-0.2, 0) is 5.41 Å². The Kier molecular flexibility index (Phi) is 3.77. The van der Waals surface area contributed by atoms with E-state index in [4.69, 9.17) is 0 Å². The van der Waals surface area contributed by atoms with Crippen LogP contribution in [0.3, 0.4) is 0 Å². The van der Waals surface area contributed by atoms with Crippen molar-refractivity contribution in [2.45, 2.75) is 39.0 Å². The van der Waals surface area contributed by atoms with Gasteiger partial charge in [-0.05, 0) is 28.5 Å². The van der Waals surface area contributed by atoms with Crippen LogP contribution in [0.15, 0.2) is 35.3 Å². The Morgan fingerprint density at radius 1 is 1.33 bits per heavy atom. The summed E-state index contributed by atoms with van der Waals surface area (Å²) in [6.45, 7) is 12.7. The summed E-state index contributed by atoms with van der Waals surface area (Å²) in [5.41, 5.74) is 2.85. The Bertz CT molecular complexity index is 358. The molecule has 0 spiro atoms. The second kappa shape index (κ2) is 4.52. The molecule has 0 fully saturated rings. The largest absolute Gasteiger partial charge is 0.102 e. The number of benzene rings is 1. The van der Waals surface area contributed by atoms with E-state index in [1.54, 1.807) is 0 Å². The van der Waals surface area contributed by atoms with E-state index in [-0.39, 0.29) is 5.41 Å². The molecule has 1 aromatic carbocycles. The van der Waals surface area contributed by atoms with Crippen molar-refractivity contribution < 1.29 is 0 Å². The van der Waals surface area contributed by atoms with Crippen molar-refractivity contribution >= 4 is 15.9 Å². The van der Waals surface area contributed by atoms with Crippen molar-refractivity contribution in [1.29, 1.82) is 0 Å². The zero-order chi connectivity index (χ0) is 11.6. The molecule has 1 rings (SSSR count). The van der Waals surface area contributed by atoms with E-state index < -0.39 is 0 Å². The SMILES string of the molecule is C=CC(C)c1ccc(C(C)(C)C)c(Br)c1. The molecule has 0 aliphatic carbocycles. The maximum atomic E-state index is 3.82. The van der Waals surface area contributed by atoms with E-state index >= 15 is 0 Å². The zero-order valence-corrected chi connectivity index (χ0v) is 11.6. The Morgan fingerprint density at radius 3 is 2.33 bits per heavy atom. The van der Waals surface area contributed by atoms with Gasteiger partial charge in [-0.25, -0.2) is 0 Å². The minimum atomic E-state index is 0.189. The topological polar surface area (TPSA) is 0 Å². The molecule has 0 heterocycles. The van der Waals surface area contributed by atoms with Gasteiger partial charge in [-0.1, -0.05) is 61.8 Å². The van der Waals surface area contributed by atoms with Crippen molar-refractivity contribution in [2.75, 3.05) is 0 Å². The molecule has 1 unspecified atom stereocenters. The van der Waals surface area contributed by atoms with Crippen molar-refractivity contribution in [3.8, 4) is 0 Å². The molecule has 0 aliphatic rings. The lowest BCUT2D eigenvalue weighted by atomic mass is 9.86. The van der Waals surface area contributed by atoms with Crippen LogP contribution in [0.5, 0.6) is 0 Å². The molecular formula is C14H19Br. The fourth-order valence-electron chi connectivity index (χ4n) is 1.56. The highest BCUT2D eigenvalue weighted by molar-refractivity contribution is 9.10. The van der Waals surface area contributed by atoms with E-state index in [9.17, 15) is 0 Å². The predicted octanol–water partition coefficient (Wildman–Crippen LogP) is 5.04. The highest BCUT2D eigenvalue weighted by Crippen LogP contribution is 2.32. The number of allylic oxidation sites excluding steroid dienone is 1. The maximum absolute atomic E-state index is 3.82. The highest BCUT2D eigenvalue weighted by Gasteiger charge is 2.17. The highest BCUT2D eigenvalue weighted by atomic mass is 79.9. The molecule has 0 saturated heterocycles. The average Bonchev–Trinajstić information content (AvgIpc) is 2.14. The maximum Gasteiger partial charge on any atom is 0.0215 e. The average molecular weight is 267 g/mol. The van der Waals surface area contributed by atoms with Gasteiger partial charge in [0.15, 0.2) is 0 Å². The van der Waals surface area contributed by atoms with Gasteiger partial charge in [0.25, 0.3) is 0 Å². The van der Waals surface area contributed by atoms with Gasteiger partial charge in [0.2, 0.25) is 0 Å². The summed E-state index contributed by atoms with van der Waals surface area (Å²) in [5, 5.41) is 0. The molecule has 1 atom stereocenters. The molecule has 0 N–H and O–H groups in total. The first-order valence-electron chi connectivity index (χ1n) is 5.28. The summed E-state index contributed by atoms with van der Waals surface area (Å²) >= 11 is 3.65. The molecule has 82 valence electrons. The second-order valence-electron chi connectivity index (χ2n) is 5.01. The Balaban J connectivity index is 3.14. The van der Waals surface area contributed by atoms with Gasteiger partial charge < -0.3 is 0 Å². The van der Waals surface area contributed by atoms with Crippen molar-refractivity contribution in [3.05, 3.63) is 46.5 Å². The second-order valence-corrected chi connectivity index (χ2v) is 5.87. The Labute approximate surface area is 102 Å². The van der Waals surface area contributed by atoms with Crippen molar-refractivity contribution in [2.24, 2.45) is 0 Å². The van der Waals surface area contributed by atoms with Gasteiger partial charge in [-0.15, -0.1) is 6.58 Å². The molecule has 0 saturated carbocycles. The lowest BCUT2D eigenvalue weighted by Crippen LogP contribution is -2.12. The van der Waals surface area contributed by atoms with Gasteiger partial charge in [-0.3, -0.25) is 0 Å². The van der Waals surface area contributed by atoms with Crippen LogP contribution in [0.25, 0.3) is 0 Å². The molecule has 0 bridgehead atoms. The number of halogens is 1. The molecule has 0 amide bonds. The first-order valence-corrected chi connectivity index (χ1v) is 6.08. The molecular weight excluding hydrogens is 248 g/mol. The smallest absolute Gasteiger partial charge is 0.0215 e. The quantitative estimate of drug-likeness (QED) is 0.659. The standard InChI is InChI=1S/C14H19Br/c1-6-10(2)11-7-8-12(13(15)9-11)14(3,4)5/h6-10H,1H2,2-5H3. The van der Waals surface area contributed by atoms with Crippen molar-refractivity contribution in [1.82, 2.24) is 0 Å². The molecule has 0 nitrogen and oxygen atoms in total. The van der Waals surface area contributed by atoms with Crippen LogP contribution in [0.1, 0.15) is 44.7 Å². The van der Waals surface area contributed by atoms with Gasteiger partial charge in [0.1, 0.15) is 0 Å². The first-order chi connectivity index (χ1) is 6.86. The summed E-state index contributed by atoms with van der Waals surface area (Å²) in [5.74, 6) is 0.412. The summed E-state index contributed by atoms with van der Waals surface area (Å²) in [6.07, 6.45) is 1.97. The fourth-order valence-corrected chi connectivity index (χ4v) is 2.55. The number of hydrogen-bond donors (Lipinski definition) is 0. The molecule has 1 heteroatoms. The predicted molar refractivity (Wildman–Crippen MR) is 71.5 cm³/mol. The van der Waals surface area contributed by atoms with E-state index in [1.807, 2.05) is 6.08 Å². The van der Waals surface area contributed by atoms with E-state index in [2.05, 4.69) is 68.4 Å². The van der Waals surface area contributed by atoms with Crippen LogP contribution >= 0.6 is 15.9 Å². The summed E-state index contributed by atoms with van der Waals surface area (Å²) in [7, 11) is 0. The summed E-state index contributed by atoms with van der Waals surface area (Å²) in [6, 6.07) is 6.60. The Morgan fingerprint density at radius 2 is 1.93 bits per heavy atom. The molecule has 15 heavy (non-hydrogen) atoms. The number of rotatable bonds is 2. The summed E-state index contributed by atoms with van der Waals surface area (Å²) in [4.78, 5) is 0. The van der Waals surface area contributed by atoms with Gasteiger partial charge in [-0.2, -0.15) is 0 Å². The van der Waals surface area contributed by atoms with Gasteiger partial charge >= 0.3 is 0 Å². The molecule has 1 aromatic rings. The first kappa shape index (κ1) is 12.5. The van der Waals surface area contributed by atoms with Crippen LogP contribution < -0.4 is 0 Å². The molecule has 0 aliphatic heterocycles. The van der Waals surface area contributed by atoms with E-state index in [0.29, 0.717) is 5.92 Å². The monoisotopic (exact) mass is 266 g/mol. The van der Waals surface area contributed by atoms with E-state index in [1.165, 1.54) is 15.6 Å². The van der Waals surface area contributed by atoms with Crippen LogP contribution in [0.4, 0.5) is 0 Å². The fraction of sp³-hybridized carbons (Fsp3) is 0.429. The summed E-state index contributed by atoms with van der Waals surface area (Å²) < 4.78 is 1.20. The lowest BCUT2D eigenvalue weighted by Gasteiger charge is -2.22. The van der Waals surface area contributed by atoms with Crippen LogP contribution in [-0.4, -0.2) is 0 Å². The molecule has 0 aromatic heterocycles. The van der Waals surface area contributed by atoms with E-state index in [0.717, 1.165) is 0 Å². The zero-order valence-electron chi connectivity index (χ0n) is 9.97.